The van der Waals surface area contributed by atoms with Gasteiger partial charge in [0.25, 0.3) is 0 Å². The average Bonchev–Trinajstić information content (AvgIpc) is 3.18. The number of para-hydroxylation sites is 1. The molecule has 1 aliphatic heterocycles. The van der Waals surface area contributed by atoms with Gasteiger partial charge in [-0.25, -0.2) is 0 Å². The Kier molecular flexibility index (Phi) is 5.83. The summed E-state index contributed by atoms with van der Waals surface area (Å²) < 4.78 is 10.7. The predicted octanol–water partition coefficient (Wildman–Crippen LogP) is 3.19. The van der Waals surface area contributed by atoms with Gasteiger partial charge in [0.15, 0.2) is 5.78 Å². The van der Waals surface area contributed by atoms with E-state index in [0.29, 0.717) is 6.54 Å². The van der Waals surface area contributed by atoms with Crippen LogP contribution in [-0.4, -0.2) is 67.5 Å². The highest BCUT2D eigenvalue weighted by atomic mass is 16.5. The number of fused-ring (bicyclic) bond motifs is 1. The summed E-state index contributed by atoms with van der Waals surface area (Å²) in [5.74, 6) is 1.87. The van der Waals surface area contributed by atoms with Crippen molar-refractivity contribution in [2.75, 3.05) is 46.9 Å². The van der Waals surface area contributed by atoms with Gasteiger partial charge >= 0.3 is 0 Å². The van der Waals surface area contributed by atoms with E-state index in [9.17, 15) is 4.79 Å². The predicted molar refractivity (Wildman–Crippen MR) is 114 cm³/mol. The molecule has 6 nitrogen and oxygen atoms in total. The van der Waals surface area contributed by atoms with E-state index in [1.807, 2.05) is 42.6 Å². The molecular weight excluding hydrogens is 366 g/mol. The molecule has 0 unspecified atom stereocenters. The highest BCUT2D eigenvalue weighted by molar-refractivity contribution is 6.09. The Hall–Kier alpha value is -2.83. The summed E-state index contributed by atoms with van der Waals surface area (Å²) in [6.07, 6.45) is 1.81. The Morgan fingerprint density at radius 1 is 1.00 bits per heavy atom. The van der Waals surface area contributed by atoms with Crippen molar-refractivity contribution < 1.29 is 14.3 Å². The molecule has 0 saturated carbocycles. The summed E-state index contributed by atoms with van der Waals surface area (Å²) in [7, 11) is 3.35. The lowest BCUT2D eigenvalue weighted by atomic mass is 10.1. The third-order valence-electron chi connectivity index (χ3n) is 5.61. The van der Waals surface area contributed by atoms with Gasteiger partial charge in [-0.15, -0.1) is 0 Å². The van der Waals surface area contributed by atoms with E-state index in [4.69, 9.17) is 9.47 Å². The highest BCUT2D eigenvalue weighted by Crippen LogP contribution is 2.24. The molecule has 0 amide bonds. The van der Waals surface area contributed by atoms with Gasteiger partial charge in [0, 0.05) is 67.0 Å². The van der Waals surface area contributed by atoms with Crippen LogP contribution in [0.2, 0.25) is 0 Å². The fraction of sp³-hybridized carbons (Fsp3) is 0.348. The number of methoxy groups -OCH3 is 2. The summed E-state index contributed by atoms with van der Waals surface area (Å²) in [5.41, 5.74) is 2.88. The molecule has 0 radical (unpaired) electrons. The number of nitrogens with zero attached hydrogens (tertiary/aromatic N) is 2. The van der Waals surface area contributed by atoms with Gasteiger partial charge in [0.05, 0.1) is 20.8 Å². The van der Waals surface area contributed by atoms with Gasteiger partial charge in [-0.1, -0.05) is 18.2 Å². The topological polar surface area (TPSA) is 57.8 Å². The molecule has 1 aliphatic rings. The molecule has 2 heterocycles. The van der Waals surface area contributed by atoms with Crippen molar-refractivity contribution in [3.8, 4) is 11.5 Å². The van der Waals surface area contributed by atoms with Crippen LogP contribution in [0.5, 0.6) is 11.5 Å². The van der Waals surface area contributed by atoms with Crippen molar-refractivity contribution in [1.29, 1.82) is 0 Å². The SMILES string of the molecule is COc1ccc2c(C(=O)CN3CCN(Cc4ccccc4OC)CC3)c[nH]c2c1. The molecule has 1 saturated heterocycles. The Bertz CT molecular complexity index is 990. The first-order chi connectivity index (χ1) is 14.2. The van der Waals surface area contributed by atoms with E-state index < -0.39 is 0 Å². The maximum absolute atomic E-state index is 12.9. The van der Waals surface area contributed by atoms with Gasteiger partial charge in [-0.05, 0) is 18.2 Å². The van der Waals surface area contributed by atoms with E-state index in [0.717, 1.165) is 60.7 Å². The summed E-state index contributed by atoms with van der Waals surface area (Å²) in [6.45, 7) is 4.97. The van der Waals surface area contributed by atoms with Crippen LogP contribution in [0.1, 0.15) is 15.9 Å². The second-order valence-corrected chi connectivity index (χ2v) is 7.40. The number of Topliss-reactive ketones (excluding diaryl/α,β-unsaturated/α-hetero) is 1. The molecule has 6 heteroatoms. The molecular formula is C23H27N3O3. The normalized spacial score (nSPS) is 15.5. The molecule has 1 fully saturated rings. The summed E-state index contributed by atoms with van der Waals surface area (Å²) in [4.78, 5) is 20.7. The Labute approximate surface area is 171 Å². The number of piperazine rings is 1. The molecule has 0 bridgehead atoms. The zero-order valence-corrected chi connectivity index (χ0v) is 17.0. The van der Waals surface area contributed by atoms with Crippen molar-refractivity contribution in [3.05, 3.63) is 59.8 Å². The second-order valence-electron chi connectivity index (χ2n) is 7.40. The van der Waals surface area contributed by atoms with Crippen LogP contribution in [0, 0.1) is 0 Å². The summed E-state index contributed by atoms with van der Waals surface area (Å²) in [5, 5.41) is 0.950. The first kappa shape index (κ1) is 19.5. The number of hydrogen-bond acceptors (Lipinski definition) is 5. The lowest BCUT2D eigenvalue weighted by Gasteiger charge is -2.34. The molecule has 3 aromatic rings. The third kappa shape index (κ3) is 4.28. The first-order valence-electron chi connectivity index (χ1n) is 9.93. The maximum atomic E-state index is 12.9. The number of carbonyl (C=O) groups is 1. The molecule has 29 heavy (non-hydrogen) atoms. The van der Waals surface area contributed by atoms with E-state index in [2.05, 4.69) is 20.9 Å². The molecule has 0 aliphatic carbocycles. The van der Waals surface area contributed by atoms with Crippen LogP contribution in [0.4, 0.5) is 0 Å². The van der Waals surface area contributed by atoms with Gasteiger partial charge in [-0.2, -0.15) is 0 Å². The quantitative estimate of drug-likeness (QED) is 0.625. The second kappa shape index (κ2) is 8.68. The van der Waals surface area contributed by atoms with Crippen molar-refractivity contribution in [3.63, 3.8) is 0 Å². The number of H-pyrrole nitrogens is 1. The first-order valence-corrected chi connectivity index (χ1v) is 9.93. The van der Waals surface area contributed by atoms with E-state index >= 15 is 0 Å². The van der Waals surface area contributed by atoms with Gasteiger partial charge < -0.3 is 14.5 Å². The molecule has 2 aromatic carbocycles. The minimum absolute atomic E-state index is 0.152. The van der Waals surface area contributed by atoms with E-state index in [1.165, 1.54) is 5.56 Å². The van der Waals surface area contributed by atoms with Gasteiger partial charge in [-0.3, -0.25) is 14.6 Å². The van der Waals surface area contributed by atoms with Crippen LogP contribution in [0.15, 0.2) is 48.7 Å². The van der Waals surface area contributed by atoms with Gasteiger partial charge in [0.1, 0.15) is 11.5 Å². The highest BCUT2D eigenvalue weighted by Gasteiger charge is 2.21. The minimum Gasteiger partial charge on any atom is -0.497 e. The number of aromatic nitrogens is 1. The molecule has 0 spiro atoms. The van der Waals surface area contributed by atoms with Gasteiger partial charge in [0.2, 0.25) is 0 Å². The fourth-order valence-corrected chi connectivity index (χ4v) is 3.93. The van der Waals surface area contributed by atoms with Crippen LogP contribution < -0.4 is 9.47 Å². The van der Waals surface area contributed by atoms with Crippen molar-refractivity contribution in [2.45, 2.75) is 6.54 Å². The number of benzene rings is 2. The number of aromatic amines is 1. The molecule has 0 atom stereocenters. The fourth-order valence-electron chi connectivity index (χ4n) is 3.93. The summed E-state index contributed by atoms with van der Waals surface area (Å²) >= 11 is 0. The number of rotatable bonds is 7. The number of hydrogen-bond donors (Lipinski definition) is 1. The standard InChI is InChI=1S/C23H27N3O3/c1-28-18-7-8-19-20(14-24-21(19)13-18)22(27)16-26-11-9-25(10-12-26)15-17-5-3-4-6-23(17)29-2/h3-8,13-14,24H,9-12,15-16H2,1-2H3. The number of ether oxygens (including phenoxy) is 2. The summed E-state index contributed by atoms with van der Waals surface area (Å²) in [6, 6.07) is 13.9. The van der Waals surface area contributed by atoms with Crippen molar-refractivity contribution in [1.82, 2.24) is 14.8 Å². The maximum Gasteiger partial charge on any atom is 0.178 e. The Balaban J connectivity index is 1.34. The smallest absolute Gasteiger partial charge is 0.178 e. The number of ketones is 1. The largest absolute Gasteiger partial charge is 0.497 e. The monoisotopic (exact) mass is 393 g/mol. The minimum atomic E-state index is 0.152. The zero-order chi connectivity index (χ0) is 20.2. The Morgan fingerprint density at radius 3 is 2.52 bits per heavy atom. The van der Waals surface area contributed by atoms with Crippen molar-refractivity contribution in [2.24, 2.45) is 0 Å². The number of nitrogens with one attached hydrogen (secondary N) is 1. The van der Waals surface area contributed by atoms with Crippen LogP contribution in [-0.2, 0) is 6.54 Å². The third-order valence-corrected chi connectivity index (χ3v) is 5.61. The van der Waals surface area contributed by atoms with E-state index in [1.54, 1.807) is 14.2 Å². The Morgan fingerprint density at radius 2 is 1.76 bits per heavy atom. The van der Waals surface area contributed by atoms with Crippen LogP contribution >= 0.6 is 0 Å². The van der Waals surface area contributed by atoms with Crippen LogP contribution in [0.25, 0.3) is 10.9 Å². The van der Waals surface area contributed by atoms with E-state index in [-0.39, 0.29) is 5.78 Å². The number of carbonyl (C=O) groups excluding carboxylic acids is 1. The molecule has 4 rings (SSSR count). The molecule has 152 valence electrons. The average molecular weight is 393 g/mol. The van der Waals surface area contributed by atoms with Crippen LogP contribution in [0.3, 0.4) is 0 Å². The van der Waals surface area contributed by atoms with Crippen molar-refractivity contribution >= 4 is 16.7 Å². The lowest BCUT2D eigenvalue weighted by Crippen LogP contribution is -2.47. The molecule has 1 aromatic heterocycles. The zero-order valence-electron chi connectivity index (χ0n) is 17.0. The lowest BCUT2D eigenvalue weighted by molar-refractivity contribution is 0.0844. The molecule has 1 N–H and O–H groups in total.